The second-order valence-electron chi connectivity index (χ2n) is 6.75. The van der Waals surface area contributed by atoms with Gasteiger partial charge in [0, 0.05) is 5.56 Å². The Morgan fingerprint density at radius 3 is 2.50 bits per heavy atom. The molecule has 0 radical (unpaired) electrons. The van der Waals surface area contributed by atoms with Crippen molar-refractivity contribution in [3.63, 3.8) is 0 Å². The Hall–Kier alpha value is -1.92. The fourth-order valence-electron chi connectivity index (χ4n) is 3.52. The molecule has 2 aliphatic carbocycles. The van der Waals surface area contributed by atoms with Crippen molar-refractivity contribution in [3.05, 3.63) is 29.8 Å². The number of fused-ring (bicyclic) bond motifs is 1. The molecule has 1 saturated heterocycles. The van der Waals surface area contributed by atoms with Crippen LogP contribution in [0, 0.1) is 5.92 Å². The largest absolute Gasteiger partial charge is 0.497 e. The molecule has 1 N–H and O–H groups in total. The zero-order chi connectivity index (χ0) is 16.9. The van der Waals surface area contributed by atoms with Crippen molar-refractivity contribution in [1.29, 1.82) is 0 Å². The van der Waals surface area contributed by atoms with Crippen LogP contribution in [0.5, 0.6) is 5.75 Å². The molecular formula is C18H20O6. The van der Waals surface area contributed by atoms with E-state index in [1.54, 1.807) is 31.4 Å². The Morgan fingerprint density at radius 2 is 1.92 bits per heavy atom. The second kappa shape index (κ2) is 5.57. The van der Waals surface area contributed by atoms with Gasteiger partial charge in [-0.25, -0.2) is 0 Å². The smallest absolute Gasteiger partial charge is 0.312 e. The van der Waals surface area contributed by atoms with Crippen LogP contribution in [0.15, 0.2) is 24.3 Å². The van der Waals surface area contributed by atoms with E-state index in [0.717, 1.165) is 6.42 Å². The lowest BCUT2D eigenvalue weighted by Gasteiger charge is -2.37. The minimum absolute atomic E-state index is 0.0444. The summed E-state index contributed by atoms with van der Waals surface area (Å²) < 4.78 is 15.5. The third-order valence-corrected chi connectivity index (χ3v) is 5.23. The van der Waals surface area contributed by atoms with E-state index in [2.05, 4.69) is 0 Å². The number of carbonyl (C=O) groups is 2. The van der Waals surface area contributed by atoms with Crippen molar-refractivity contribution < 1.29 is 28.9 Å². The number of benzene rings is 1. The first-order valence-electron chi connectivity index (χ1n) is 8.32. The second-order valence-corrected chi connectivity index (χ2v) is 6.75. The van der Waals surface area contributed by atoms with Crippen molar-refractivity contribution in [2.45, 2.75) is 49.6 Å². The standard InChI is InChI=1S/C18H20O6/c1-22-11-7-5-10(6-8-11)16(19)18(21)9-3-2-4-12(18)17(20)24-15-13-14(15)23-13/h5-8,12-15,21H,2-4,9H2,1H3. The van der Waals surface area contributed by atoms with Gasteiger partial charge in [-0.2, -0.15) is 0 Å². The molecule has 1 aromatic carbocycles. The summed E-state index contributed by atoms with van der Waals surface area (Å²) in [5.74, 6) is -1.10. The highest BCUT2D eigenvalue weighted by Crippen LogP contribution is 2.50. The average Bonchev–Trinajstić information content (AvgIpc) is 3.51. The minimum Gasteiger partial charge on any atom is -0.497 e. The van der Waals surface area contributed by atoms with Gasteiger partial charge in [0.15, 0.2) is 11.9 Å². The first kappa shape index (κ1) is 15.6. The molecule has 4 atom stereocenters. The monoisotopic (exact) mass is 332 g/mol. The molecule has 3 aliphatic rings. The summed E-state index contributed by atoms with van der Waals surface area (Å²) in [5, 5.41) is 11.0. The van der Waals surface area contributed by atoms with E-state index in [-0.39, 0.29) is 24.7 Å². The molecule has 128 valence electrons. The first-order valence-corrected chi connectivity index (χ1v) is 8.32. The van der Waals surface area contributed by atoms with Crippen LogP contribution in [0.3, 0.4) is 0 Å². The lowest BCUT2D eigenvalue weighted by atomic mass is 9.71. The number of esters is 1. The lowest BCUT2D eigenvalue weighted by molar-refractivity contribution is -0.164. The van der Waals surface area contributed by atoms with E-state index in [4.69, 9.17) is 14.2 Å². The summed E-state index contributed by atoms with van der Waals surface area (Å²) in [6.07, 6.45) is 2.14. The van der Waals surface area contributed by atoms with Crippen molar-refractivity contribution in [3.8, 4) is 5.75 Å². The van der Waals surface area contributed by atoms with Gasteiger partial charge in [0.25, 0.3) is 0 Å². The third-order valence-electron chi connectivity index (χ3n) is 5.23. The molecule has 24 heavy (non-hydrogen) atoms. The molecule has 1 aliphatic heterocycles. The summed E-state index contributed by atoms with van der Waals surface area (Å²) in [5.41, 5.74) is -1.33. The lowest BCUT2D eigenvalue weighted by Crippen LogP contribution is -2.51. The number of hydrogen-bond donors (Lipinski definition) is 1. The van der Waals surface area contributed by atoms with Gasteiger partial charge in [0.2, 0.25) is 0 Å². The molecule has 1 aromatic rings. The average molecular weight is 332 g/mol. The third kappa shape index (κ3) is 2.50. The van der Waals surface area contributed by atoms with Crippen LogP contribution < -0.4 is 4.74 Å². The van der Waals surface area contributed by atoms with Crippen LogP contribution in [-0.2, 0) is 14.3 Å². The summed E-state index contributed by atoms with van der Waals surface area (Å²) in [4.78, 5) is 25.3. The highest BCUT2D eigenvalue weighted by Gasteiger charge is 2.71. The molecule has 1 heterocycles. The highest BCUT2D eigenvalue weighted by atomic mass is 16.7. The molecule has 0 spiro atoms. The Bertz CT molecular complexity index is 661. The van der Waals surface area contributed by atoms with Gasteiger partial charge in [0.1, 0.15) is 23.6 Å². The van der Waals surface area contributed by atoms with Gasteiger partial charge in [-0.15, -0.1) is 0 Å². The number of carbonyl (C=O) groups excluding carboxylic acids is 2. The maximum absolute atomic E-state index is 12.9. The maximum Gasteiger partial charge on any atom is 0.312 e. The van der Waals surface area contributed by atoms with Crippen molar-refractivity contribution in [1.82, 2.24) is 0 Å². The molecule has 6 nitrogen and oxygen atoms in total. The van der Waals surface area contributed by atoms with Crippen molar-refractivity contribution in [2.24, 2.45) is 5.92 Å². The van der Waals surface area contributed by atoms with Gasteiger partial charge in [-0.05, 0) is 37.1 Å². The Balaban J connectivity index is 1.53. The number of rotatable bonds is 5. The SMILES string of the molecule is COc1ccc(C(=O)C2(O)CCCCC2C(=O)OC2C3OC23)cc1. The number of hydrogen-bond acceptors (Lipinski definition) is 6. The minimum atomic E-state index is -1.70. The molecule has 6 heteroatoms. The number of aliphatic hydroxyl groups is 1. The van der Waals surface area contributed by atoms with E-state index in [1.165, 1.54) is 0 Å². The molecule has 0 aromatic heterocycles. The van der Waals surface area contributed by atoms with E-state index in [0.29, 0.717) is 24.2 Å². The van der Waals surface area contributed by atoms with Gasteiger partial charge in [-0.1, -0.05) is 12.8 Å². The predicted molar refractivity (Wildman–Crippen MR) is 82.8 cm³/mol. The predicted octanol–water partition coefficient (Wildman–Crippen LogP) is 1.49. The molecule has 0 bridgehead atoms. The first-order chi connectivity index (χ1) is 11.5. The van der Waals surface area contributed by atoms with Crippen LogP contribution in [-0.4, -0.2) is 47.9 Å². The molecule has 4 unspecified atom stereocenters. The Morgan fingerprint density at radius 1 is 1.21 bits per heavy atom. The van der Waals surface area contributed by atoms with E-state index >= 15 is 0 Å². The number of Topliss-reactive ketones (excluding diaryl/α,β-unsaturated/α-hetero) is 1. The maximum atomic E-state index is 12.9. The number of epoxide rings is 1. The van der Waals surface area contributed by atoms with Crippen LogP contribution in [0.2, 0.25) is 0 Å². The molecular weight excluding hydrogens is 312 g/mol. The van der Waals surface area contributed by atoms with Crippen LogP contribution in [0.1, 0.15) is 36.0 Å². The fraction of sp³-hybridized carbons (Fsp3) is 0.556. The normalized spacial score (nSPS) is 36.4. The van der Waals surface area contributed by atoms with Crippen LogP contribution in [0.4, 0.5) is 0 Å². The van der Waals surface area contributed by atoms with Gasteiger partial charge < -0.3 is 19.3 Å². The summed E-state index contributed by atoms with van der Waals surface area (Å²) in [6.45, 7) is 0. The van der Waals surface area contributed by atoms with E-state index in [9.17, 15) is 14.7 Å². The highest BCUT2D eigenvalue weighted by molar-refractivity contribution is 6.05. The summed E-state index contributed by atoms with van der Waals surface area (Å²) in [6, 6.07) is 6.56. The quantitative estimate of drug-likeness (QED) is 0.499. The van der Waals surface area contributed by atoms with E-state index in [1.807, 2.05) is 0 Å². The summed E-state index contributed by atoms with van der Waals surface area (Å²) >= 11 is 0. The Kier molecular flexibility index (Phi) is 3.62. The van der Waals surface area contributed by atoms with Crippen molar-refractivity contribution in [2.75, 3.05) is 7.11 Å². The number of ether oxygens (including phenoxy) is 3. The fourth-order valence-corrected chi connectivity index (χ4v) is 3.52. The van der Waals surface area contributed by atoms with Gasteiger partial charge in [-0.3, -0.25) is 9.59 Å². The zero-order valence-corrected chi connectivity index (χ0v) is 13.4. The van der Waals surface area contributed by atoms with Crippen LogP contribution >= 0.6 is 0 Å². The van der Waals surface area contributed by atoms with Gasteiger partial charge >= 0.3 is 5.97 Å². The number of methoxy groups -OCH3 is 1. The molecule has 0 amide bonds. The van der Waals surface area contributed by atoms with Crippen LogP contribution in [0.25, 0.3) is 0 Å². The Labute approximate surface area is 139 Å². The molecule has 3 fully saturated rings. The summed E-state index contributed by atoms with van der Waals surface area (Å²) in [7, 11) is 1.55. The zero-order valence-electron chi connectivity index (χ0n) is 13.4. The molecule has 2 saturated carbocycles. The molecule has 4 rings (SSSR count). The van der Waals surface area contributed by atoms with Crippen molar-refractivity contribution >= 4 is 11.8 Å². The van der Waals surface area contributed by atoms with E-state index < -0.39 is 23.3 Å². The van der Waals surface area contributed by atoms with Gasteiger partial charge in [0.05, 0.1) is 13.0 Å². The topological polar surface area (TPSA) is 85.4 Å². The number of ketones is 1.